The summed E-state index contributed by atoms with van der Waals surface area (Å²) >= 11 is 0. The molecular formula is C4H9O4PTi. The summed E-state index contributed by atoms with van der Waals surface area (Å²) in [5.41, 5.74) is 0. The average Bonchev–Trinajstić information content (AvgIpc) is 1.63. The van der Waals surface area contributed by atoms with Crippen LogP contribution < -0.4 is 9.79 Å². The van der Waals surface area contributed by atoms with Gasteiger partial charge < -0.3 is 18.9 Å². The average molecular weight is 200 g/mol. The molecule has 0 fully saturated rings. The van der Waals surface area contributed by atoms with Crippen LogP contribution in [-0.4, -0.2) is 6.61 Å². The summed E-state index contributed by atoms with van der Waals surface area (Å²) in [7, 11) is -4.70. The van der Waals surface area contributed by atoms with Crippen molar-refractivity contribution in [3.63, 3.8) is 0 Å². The molecule has 10 heavy (non-hydrogen) atoms. The Kier molecular flexibility index (Phi) is 8.76. The van der Waals surface area contributed by atoms with Gasteiger partial charge in [0.2, 0.25) is 0 Å². The molecule has 4 nitrogen and oxygen atoms in total. The molecule has 0 saturated heterocycles. The molecule has 0 aromatic rings. The van der Waals surface area contributed by atoms with Gasteiger partial charge >= 0.3 is 21.7 Å². The summed E-state index contributed by atoms with van der Waals surface area (Å²) < 4.78 is 13.7. The van der Waals surface area contributed by atoms with Crippen LogP contribution in [0.15, 0.2) is 0 Å². The number of unbranched alkanes of at least 4 members (excludes halogenated alkanes) is 1. The summed E-state index contributed by atoms with van der Waals surface area (Å²) in [6.45, 7) is 1.89. The molecule has 0 aliphatic heterocycles. The van der Waals surface area contributed by atoms with Crippen molar-refractivity contribution in [1.82, 2.24) is 0 Å². The van der Waals surface area contributed by atoms with Crippen LogP contribution in [0, 0.1) is 0 Å². The van der Waals surface area contributed by atoms with Gasteiger partial charge in [-0.25, -0.2) is 0 Å². The largest absolute Gasteiger partial charge is 2.00 e. The first kappa shape index (κ1) is 13.4. The number of hydrogen-bond acceptors (Lipinski definition) is 4. The van der Waals surface area contributed by atoms with E-state index in [1.54, 1.807) is 0 Å². The Hall–Kier alpha value is 0.824. The molecule has 0 radical (unpaired) electrons. The Balaban J connectivity index is 0. The molecule has 0 aromatic heterocycles. The predicted octanol–water partition coefficient (Wildman–Crippen LogP) is -0.371. The molecule has 0 N–H and O–H groups in total. The summed E-state index contributed by atoms with van der Waals surface area (Å²) in [6.07, 6.45) is 1.43. The van der Waals surface area contributed by atoms with E-state index in [0.717, 1.165) is 6.42 Å². The van der Waals surface area contributed by atoms with Crippen molar-refractivity contribution in [3.8, 4) is 0 Å². The molecule has 58 valence electrons. The van der Waals surface area contributed by atoms with Crippen molar-refractivity contribution in [3.05, 3.63) is 0 Å². The zero-order valence-corrected chi connectivity index (χ0v) is 8.16. The van der Waals surface area contributed by atoms with E-state index in [1.807, 2.05) is 6.92 Å². The Morgan fingerprint density at radius 3 is 2.30 bits per heavy atom. The van der Waals surface area contributed by atoms with Crippen molar-refractivity contribution in [2.45, 2.75) is 19.8 Å². The van der Waals surface area contributed by atoms with E-state index in [1.165, 1.54) is 0 Å². The maximum Gasteiger partial charge on any atom is 2.00 e. The van der Waals surface area contributed by atoms with Crippen molar-refractivity contribution in [2.75, 3.05) is 6.61 Å². The van der Waals surface area contributed by atoms with E-state index in [0.29, 0.717) is 6.42 Å². The van der Waals surface area contributed by atoms with E-state index < -0.39 is 7.82 Å². The normalized spacial score (nSPS) is 10.7. The zero-order chi connectivity index (χ0) is 7.33. The fourth-order valence-electron chi connectivity index (χ4n) is 0.321. The summed E-state index contributed by atoms with van der Waals surface area (Å²) in [4.78, 5) is 19.5. The van der Waals surface area contributed by atoms with Gasteiger partial charge in [-0.05, 0) is 6.42 Å². The maximum atomic E-state index is 9.76. The third-order valence-corrected chi connectivity index (χ3v) is 1.25. The Bertz CT molecular complexity index is 112. The number of phosphoric ester groups is 1. The van der Waals surface area contributed by atoms with Gasteiger partial charge in [0.15, 0.2) is 0 Å². The molecule has 0 unspecified atom stereocenters. The van der Waals surface area contributed by atoms with Gasteiger partial charge in [0.25, 0.3) is 0 Å². The first-order valence-corrected chi connectivity index (χ1v) is 4.19. The van der Waals surface area contributed by atoms with Crippen LogP contribution in [0.25, 0.3) is 0 Å². The molecule has 0 aliphatic carbocycles. The van der Waals surface area contributed by atoms with E-state index in [2.05, 4.69) is 4.52 Å². The van der Waals surface area contributed by atoms with Crippen molar-refractivity contribution in [1.29, 1.82) is 0 Å². The van der Waals surface area contributed by atoms with Crippen LogP contribution in [0.3, 0.4) is 0 Å². The third kappa shape index (κ3) is 11.6. The second-order valence-electron chi connectivity index (χ2n) is 1.63. The van der Waals surface area contributed by atoms with Crippen LogP contribution in [0.5, 0.6) is 0 Å². The topological polar surface area (TPSA) is 72.4 Å². The summed E-state index contributed by atoms with van der Waals surface area (Å²) in [5, 5.41) is 0. The second kappa shape index (κ2) is 6.53. The molecule has 0 rings (SSSR count). The molecular weight excluding hydrogens is 191 g/mol. The molecule has 6 heteroatoms. The van der Waals surface area contributed by atoms with E-state index in [-0.39, 0.29) is 28.3 Å². The van der Waals surface area contributed by atoms with Crippen molar-refractivity contribution in [2.24, 2.45) is 0 Å². The molecule has 0 spiro atoms. The molecule has 0 bridgehead atoms. The Morgan fingerprint density at radius 2 is 2.00 bits per heavy atom. The Morgan fingerprint density at radius 1 is 1.50 bits per heavy atom. The van der Waals surface area contributed by atoms with Gasteiger partial charge in [-0.2, -0.15) is 0 Å². The third-order valence-electron chi connectivity index (χ3n) is 0.747. The predicted molar refractivity (Wildman–Crippen MR) is 28.5 cm³/mol. The van der Waals surface area contributed by atoms with Crippen molar-refractivity contribution >= 4 is 7.82 Å². The monoisotopic (exact) mass is 200 g/mol. The molecule has 0 aromatic carbocycles. The Labute approximate surface area is 75.1 Å². The molecule has 0 amide bonds. The van der Waals surface area contributed by atoms with E-state index in [4.69, 9.17) is 0 Å². The minimum Gasteiger partial charge on any atom is -0.790 e. The van der Waals surface area contributed by atoms with Gasteiger partial charge in [-0.1, -0.05) is 13.3 Å². The molecule has 0 aliphatic rings. The minimum absolute atomic E-state index is 0. The van der Waals surface area contributed by atoms with Gasteiger partial charge in [-0.3, -0.25) is 0 Å². The fraction of sp³-hybridized carbons (Fsp3) is 1.00. The zero-order valence-electron chi connectivity index (χ0n) is 5.70. The van der Waals surface area contributed by atoms with Crippen molar-refractivity contribution < 1.29 is 40.6 Å². The fourth-order valence-corrected chi connectivity index (χ4v) is 0.673. The van der Waals surface area contributed by atoms with Gasteiger partial charge in [0.1, 0.15) is 0 Å². The van der Waals surface area contributed by atoms with Crippen LogP contribution in [0.2, 0.25) is 0 Å². The summed E-state index contributed by atoms with van der Waals surface area (Å²) in [5.74, 6) is 0. The first-order chi connectivity index (χ1) is 4.06. The summed E-state index contributed by atoms with van der Waals surface area (Å²) in [6, 6.07) is 0. The maximum absolute atomic E-state index is 9.76. The quantitative estimate of drug-likeness (QED) is 0.352. The van der Waals surface area contributed by atoms with Crippen LogP contribution in [-0.2, 0) is 30.8 Å². The SMILES string of the molecule is CCCCOP(=O)([O-])[O-].[Ti+2]. The van der Waals surface area contributed by atoms with Gasteiger partial charge in [0, 0.05) is 0 Å². The number of rotatable bonds is 4. The second-order valence-corrected chi connectivity index (χ2v) is 2.79. The standard InChI is InChI=1S/C4H11O4P.Ti/c1-2-3-4-8-9(5,6)7;/h2-4H2,1H3,(H2,5,6,7);/q;+2/p-2. The molecule has 0 atom stereocenters. The van der Waals surface area contributed by atoms with Crippen LogP contribution in [0.4, 0.5) is 0 Å². The molecule has 0 heterocycles. The smallest absolute Gasteiger partial charge is 0.790 e. The first-order valence-electron chi connectivity index (χ1n) is 2.73. The number of phosphoric acid groups is 1. The van der Waals surface area contributed by atoms with E-state index in [9.17, 15) is 14.4 Å². The van der Waals surface area contributed by atoms with E-state index >= 15 is 0 Å². The molecule has 0 saturated carbocycles. The van der Waals surface area contributed by atoms with Crippen LogP contribution >= 0.6 is 7.82 Å². The van der Waals surface area contributed by atoms with Gasteiger partial charge in [0.05, 0.1) is 14.4 Å². The van der Waals surface area contributed by atoms with Crippen LogP contribution in [0.1, 0.15) is 19.8 Å². The minimum atomic E-state index is -4.70. The number of hydrogen-bond donors (Lipinski definition) is 0. The van der Waals surface area contributed by atoms with Gasteiger partial charge in [-0.15, -0.1) is 0 Å².